The Morgan fingerprint density at radius 3 is 1.14 bits per heavy atom. The summed E-state index contributed by atoms with van der Waals surface area (Å²) in [6.45, 7) is 48.5. The molecule has 0 aliphatic carbocycles. The second-order valence-corrected chi connectivity index (χ2v) is 32.3. The van der Waals surface area contributed by atoms with Crippen LogP contribution in [0, 0.1) is 0 Å². The van der Waals surface area contributed by atoms with Crippen molar-refractivity contribution in [3.8, 4) is 0 Å². The normalized spacial score (nSPS) is 12.2. The fourth-order valence-corrected chi connectivity index (χ4v) is 13.9. The maximum Gasteiger partial charge on any atom is 0.185 e. The molecule has 0 aliphatic heterocycles. The predicted molar refractivity (Wildman–Crippen MR) is 427 cm³/mol. The van der Waals surface area contributed by atoms with Crippen LogP contribution in [0.2, 0.25) is 0 Å². The first-order chi connectivity index (χ1) is 47.5. The zero-order chi connectivity index (χ0) is 71.8. The lowest BCUT2D eigenvalue weighted by atomic mass is 9.85. The zero-order valence-corrected chi connectivity index (χ0v) is 63.9. The number of hydrogen-bond donors (Lipinski definition) is 0. The number of para-hydroxylation sites is 1. The Balaban J connectivity index is 0.000000126. The van der Waals surface area contributed by atoms with Gasteiger partial charge in [-0.2, -0.15) is 9.61 Å². The van der Waals surface area contributed by atoms with Crippen LogP contribution in [-0.4, -0.2) is 54.7 Å². The molecule has 0 spiro atoms. The Kier molecular flexibility index (Phi) is 21.3. The Morgan fingerprint density at radius 2 is 0.690 bits per heavy atom. The molecular weight excluding hydrogens is 1240 g/mol. The number of hydrogen-bond acceptors (Lipinski definition) is 11. The highest BCUT2D eigenvalue weighted by Gasteiger charge is 2.23. The lowest BCUT2D eigenvalue weighted by Crippen LogP contribution is -2.11. The van der Waals surface area contributed by atoms with E-state index in [0.29, 0.717) is 47.3 Å². The summed E-state index contributed by atoms with van der Waals surface area (Å²) in [6.07, 6.45) is 1.67. The van der Waals surface area contributed by atoms with Crippen molar-refractivity contribution in [1.29, 1.82) is 0 Å². The molecule has 0 atom stereocenters. The van der Waals surface area contributed by atoms with Crippen LogP contribution in [0.3, 0.4) is 0 Å². The van der Waals surface area contributed by atoms with E-state index in [1.54, 1.807) is 22.2 Å². The quantitative estimate of drug-likeness (QED) is 0.135. The Morgan fingerprint density at radius 1 is 0.310 bits per heavy atom. The highest BCUT2D eigenvalue weighted by Crippen LogP contribution is 2.38. The van der Waals surface area contributed by atoms with Gasteiger partial charge in [-0.1, -0.05) is 255 Å². The fourth-order valence-electron chi connectivity index (χ4n) is 13.2. The minimum Gasteiger partial charge on any atom is -0.252 e. The maximum absolute atomic E-state index is 4.96. The largest absolute Gasteiger partial charge is 0.252 e. The van der Waals surface area contributed by atoms with Gasteiger partial charge in [0.25, 0.3) is 0 Å². The number of rotatable bonds is 8. The Labute approximate surface area is 595 Å². The molecule has 0 N–H and O–H groups in total. The van der Waals surface area contributed by atoms with E-state index in [1.165, 1.54) is 70.0 Å². The Hall–Kier alpha value is -9.26. The van der Waals surface area contributed by atoms with Crippen molar-refractivity contribution in [1.82, 2.24) is 54.7 Å². The molecule has 15 rings (SSSR count). The van der Waals surface area contributed by atoms with Gasteiger partial charge in [0, 0.05) is 42.4 Å². The van der Waals surface area contributed by atoms with E-state index in [2.05, 4.69) is 325 Å². The summed E-state index contributed by atoms with van der Waals surface area (Å²) < 4.78 is 3.06. The third kappa shape index (κ3) is 15.1. The number of fused-ring (bicyclic) bond motifs is 15. The highest BCUT2D eigenvalue weighted by molar-refractivity contribution is 7.17. The molecule has 0 unspecified atom stereocenters. The van der Waals surface area contributed by atoms with Gasteiger partial charge in [0.05, 0.1) is 84.2 Å². The summed E-state index contributed by atoms with van der Waals surface area (Å²) >= 11 is 1.76. The van der Waals surface area contributed by atoms with E-state index in [0.717, 1.165) is 89.5 Å². The first-order valence-corrected chi connectivity index (χ1v) is 36.9. The summed E-state index contributed by atoms with van der Waals surface area (Å²) in [5.41, 5.74) is 20.1. The average Bonchev–Trinajstić information content (AvgIpc) is 0.924. The van der Waals surface area contributed by atoms with Gasteiger partial charge in [-0.3, -0.25) is 4.98 Å². The lowest BCUT2D eigenvalue weighted by molar-refractivity contribution is 0.590. The molecule has 0 radical (unpaired) electrons. The van der Waals surface area contributed by atoms with Crippen molar-refractivity contribution in [2.75, 3.05) is 0 Å². The maximum atomic E-state index is 4.96. The van der Waals surface area contributed by atoms with E-state index in [4.69, 9.17) is 34.9 Å². The molecule has 8 aromatic carbocycles. The molecule has 100 heavy (non-hydrogen) atoms. The molecule has 7 aromatic heterocycles. The molecule has 0 aliphatic rings. The zero-order valence-electron chi connectivity index (χ0n) is 63.0. The van der Waals surface area contributed by atoms with Crippen LogP contribution in [-0.2, 0) is 10.8 Å². The van der Waals surface area contributed by atoms with Crippen LogP contribution in [0.15, 0.2) is 163 Å². The second kappa shape index (κ2) is 29.5. The number of nitrogens with zero attached hydrogens (tertiary/aromatic N) is 11. The molecular formula is C88H101N11S. The third-order valence-corrected chi connectivity index (χ3v) is 19.6. The van der Waals surface area contributed by atoms with Gasteiger partial charge in [-0.15, -0.1) is 21.5 Å². The van der Waals surface area contributed by atoms with Gasteiger partial charge in [0.15, 0.2) is 5.65 Å². The minimum atomic E-state index is 0.127. The van der Waals surface area contributed by atoms with E-state index < -0.39 is 0 Å². The van der Waals surface area contributed by atoms with Crippen LogP contribution < -0.4 is 0 Å². The SMILES string of the molecule is CC(C)c1nc2ccc3ccccc3c2nc1C(C)C.CC(C)c1nc2ccc3ccccc3c2nc1C(C)C.CC(C)c1nc2ccc3sccc3c2nc1C(C)C.CC(C)c1nc2ccccc2c2ccc(C(C)(C)C)cc12.CC(C)c1nn2cnnc2c2ccc(C(C)(C)C)cc12. The molecule has 0 bridgehead atoms. The average molecular weight is 1340 g/mol. The van der Waals surface area contributed by atoms with Gasteiger partial charge < -0.3 is 0 Å². The smallest absolute Gasteiger partial charge is 0.185 e. The van der Waals surface area contributed by atoms with Gasteiger partial charge in [-0.05, 0) is 139 Å². The van der Waals surface area contributed by atoms with Crippen LogP contribution in [0.25, 0.3) is 103 Å². The molecule has 7 heterocycles. The standard InChI is InChI=1S/C20H23N.2C18H20N2.C16H20N4.C16H18N2S/c1-13(2)19-17-12-14(20(3,4)5)10-11-15(17)16-8-6-7-9-18(16)21-19;2*1-11(2)16-17(12(3)4)20-18-14-8-6-5-7-13(14)9-10-15(18)19-16;1-10(2)14-13-8-11(16(3,4)5)6-7-12(13)15-18-17-9-20(15)19-14;1-9(2)14-15(10(3)4)18-16-11-7-8-19-13(11)6-5-12(16)17-14/h6-13H,1-5H3;2*5-12H,1-4H3;6-10H,1-5H3;5-10H,1-4H3. The molecule has 0 fully saturated rings. The van der Waals surface area contributed by atoms with Gasteiger partial charge in [-0.25, -0.2) is 29.9 Å². The topological polar surface area (TPSA) is 133 Å². The van der Waals surface area contributed by atoms with Crippen molar-refractivity contribution in [3.05, 3.63) is 220 Å². The van der Waals surface area contributed by atoms with E-state index in [-0.39, 0.29) is 10.8 Å². The molecule has 0 saturated carbocycles. The lowest BCUT2D eigenvalue weighted by Gasteiger charge is -2.21. The van der Waals surface area contributed by atoms with Crippen molar-refractivity contribution < 1.29 is 0 Å². The second-order valence-electron chi connectivity index (χ2n) is 31.3. The summed E-state index contributed by atoms with van der Waals surface area (Å²) in [4.78, 5) is 34.4. The van der Waals surface area contributed by atoms with Crippen molar-refractivity contribution in [2.24, 2.45) is 0 Å². The highest BCUT2D eigenvalue weighted by atomic mass is 32.1. The number of pyridine rings is 1. The summed E-state index contributed by atoms with van der Waals surface area (Å²) in [6, 6.07) is 53.5. The van der Waals surface area contributed by atoms with Crippen molar-refractivity contribution >= 4 is 114 Å². The molecule has 12 heteroatoms. The van der Waals surface area contributed by atoms with Gasteiger partial charge in [0.2, 0.25) is 0 Å². The summed E-state index contributed by atoms with van der Waals surface area (Å²) in [7, 11) is 0. The van der Waals surface area contributed by atoms with Gasteiger partial charge in [0.1, 0.15) is 6.33 Å². The van der Waals surface area contributed by atoms with Crippen LogP contribution in [0.1, 0.15) is 256 Å². The molecule has 0 amide bonds. The number of thiophene rings is 1. The molecule has 0 saturated heterocycles. The third-order valence-electron chi connectivity index (χ3n) is 18.7. The van der Waals surface area contributed by atoms with Crippen molar-refractivity contribution in [2.45, 2.75) is 210 Å². The monoisotopic (exact) mass is 1340 g/mol. The first-order valence-electron chi connectivity index (χ1n) is 36.0. The predicted octanol–water partition coefficient (Wildman–Crippen LogP) is 24.7. The van der Waals surface area contributed by atoms with E-state index in [9.17, 15) is 0 Å². The molecule has 11 nitrogen and oxygen atoms in total. The van der Waals surface area contributed by atoms with Crippen molar-refractivity contribution in [3.63, 3.8) is 0 Å². The van der Waals surface area contributed by atoms with Crippen LogP contribution in [0.4, 0.5) is 0 Å². The summed E-state index contributed by atoms with van der Waals surface area (Å²) in [5, 5.41) is 27.2. The van der Waals surface area contributed by atoms with Crippen LogP contribution >= 0.6 is 11.3 Å². The minimum absolute atomic E-state index is 0.127. The van der Waals surface area contributed by atoms with Crippen LogP contribution in [0.5, 0.6) is 0 Å². The number of benzene rings is 8. The van der Waals surface area contributed by atoms with Gasteiger partial charge >= 0.3 is 0 Å². The Bertz CT molecular complexity index is 5310. The number of aromatic nitrogens is 11. The molecule has 15 aromatic rings. The fraction of sp³-hybridized carbons (Fsp3) is 0.364. The first kappa shape index (κ1) is 72.0. The molecule has 514 valence electrons. The van der Waals surface area contributed by atoms with E-state index in [1.807, 2.05) is 0 Å². The van der Waals surface area contributed by atoms with E-state index >= 15 is 0 Å². The summed E-state index contributed by atoms with van der Waals surface area (Å²) in [5.74, 6) is 3.18.